The van der Waals surface area contributed by atoms with Gasteiger partial charge < -0.3 is 19.5 Å². The fourth-order valence-corrected chi connectivity index (χ4v) is 2.46. The van der Waals surface area contributed by atoms with Crippen molar-refractivity contribution in [2.75, 3.05) is 19.7 Å². The summed E-state index contributed by atoms with van der Waals surface area (Å²) in [6.45, 7) is 4.10. The number of carbonyl (C=O) groups is 2. The van der Waals surface area contributed by atoms with Gasteiger partial charge in [-0.15, -0.1) is 0 Å². The zero-order chi connectivity index (χ0) is 16.1. The number of carbonyl (C=O) groups excluding carboxylic acids is 1. The van der Waals surface area contributed by atoms with Crippen molar-refractivity contribution in [3.05, 3.63) is 29.8 Å². The SMILES string of the molecule is CCc1ccccc1OCC(=O)N1CC(C(=O)O)O[C@H](C)C1. The highest BCUT2D eigenvalue weighted by Gasteiger charge is 2.32. The van der Waals surface area contributed by atoms with E-state index in [1.54, 1.807) is 6.92 Å². The molecule has 1 aliphatic heterocycles. The van der Waals surface area contributed by atoms with Crippen molar-refractivity contribution >= 4 is 11.9 Å². The Labute approximate surface area is 129 Å². The van der Waals surface area contributed by atoms with Crippen molar-refractivity contribution in [2.24, 2.45) is 0 Å². The van der Waals surface area contributed by atoms with E-state index >= 15 is 0 Å². The van der Waals surface area contributed by atoms with Gasteiger partial charge in [-0.25, -0.2) is 4.79 Å². The van der Waals surface area contributed by atoms with Crippen LogP contribution >= 0.6 is 0 Å². The summed E-state index contributed by atoms with van der Waals surface area (Å²) in [6.07, 6.45) is -0.461. The Morgan fingerprint density at radius 1 is 1.36 bits per heavy atom. The summed E-state index contributed by atoms with van der Waals surface area (Å²) < 4.78 is 10.9. The molecule has 0 radical (unpaired) electrons. The Hall–Kier alpha value is -2.08. The van der Waals surface area contributed by atoms with Crippen molar-refractivity contribution in [2.45, 2.75) is 32.5 Å². The molecule has 1 saturated heterocycles. The molecule has 1 N–H and O–H groups in total. The molecule has 1 unspecified atom stereocenters. The molecule has 1 aromatic carbocycles. The Morgan fingerprint density at radius 2 is 2.09 bits per heavy atom. The predicted octanol–water partition coefficient (Wildman–Crippen LogP) is 1.33. The van der Waals surface area contributed by atoms with Crippen molar-refractivity contribution in [1.82, 2.24) is 4.90 Å². The number of hydrogen-bond donors (Lipinski definition) is 1. The molecular formula is C16H21NO5. The maximum absolute atomic E-state index is 12.2. The lowest BCUT2D eigenvalue weighted by atomic mass is 10.1. The Balaban J connectivity index is 1.95. The third-order valence-electron chi connectivity index (χ3n) is 3.59. The van der Waals surface area contributed by atoms with E-state index in [2.05, 4.69) is 0 Å². The molecule has 1 aliphatic rings. The summed E-state index contributed by atoms with van der Waals surface area (Å²) in [7, 11) is 0. The molecule has 0 bridgehead atoms. The van der Waals surface area contributed by atoms with Gasteiger partial charge in [0.2, 0.25) is 0 Å². The third-order valence-corrected chi connectivity index (χ3v) is 3.59. The highest BCUT2D eigenvalue weighted by atomic mass is 16.5. The van der Waals surface area contributed by atoms with Crippen molar-refractivity contribution in [1.29, 1.82) is 0 Å². The van der Waals surface area contributed by atoms with Crippen LogP contribution < -0.4 is 4.74 Å². The molecule has 0 aliphatic carbocycles. The van der Waals surface area contributed by atoms with E-state index < -0.39 is 12.1 Å². The molecule has 1 amide bonds. The quantitative estimate of drug-likeness (QED) is 0.888. The fourth-order valence-electron chi connectivity index (χ4n) is 2.46. The second-order valence-corrected chi connectivity index (χ2v) is 5.32. The lowest BCUT2D eigenvalue weighted by Crippen LogP contribution is -2.52. The molecular weight excluding hydrogens is 286 g/mol. The van der Waals surface area contributed by atoms with Crippen LogP contribution in [0.15, 0.2) is 24.3 Å². The maximum atomic E-state index is 12.2. The number of nitrogens with zero attached hydrogens (tertiary/aromatic N) is 1. The van der Waals surface area contributed by atoms with Gasteiger partial charge in [-0.05, 0) is 25.0 Å². The number of rotatable bonds is 5. The van der Waals surface area contributed by atoms with Crippen LogP contribution in [0.25, 0.3) is 0 Å². The van der Waals surface area contributed by atoms with E-state index in [0.29, 0.717) is 12.3 Å². The van der Waals surface area contributed by atoms with E-state index in [-0.39, 0.29) is 25.2 Å². The molecule has 2 rings (SSSR count). The van der Waals surface area contributed by atoms with Crippen LogP contribution in [0.4, 0.5) is 0 Å². The first kappa shape index (κ1) is 16.3. The van der Waals surface area contributed by atoms with Gasteiger partial charge >= 0.3 is 5.97 Å². The van der Waals surface area contributed by atoms with Crippen LogP contribution in [0.2, 0.25) is 0 Å². The maximum Gasteiger partial charge on any atom is 0.334 e. The van der Waals surface area contributed by atoms with Gasteiger partial charge in [-0.3, -0.25) is 4.79 Å². The van der Waals surface area contributed by atoms with Gasteiger partial charge in [0, 0.05) is 6.54 Å². The molecule has 0 saturated carbocycles. The van der Waals surface area contributed by atoms with Gasteiger partial charge in [-0.2, -0.15) is 0 Å². The van der Waals surface area contributed by atoms with Crippen molar-refractivity contribution in [3.8, 4) is 5.75 Å². The molecule has 1 aromatic rings. The minimum atomic E-state index is -1.05. The monoisotopic (exact) mass is 307 g/mol. The number of aryl methyl sites for hydroxylation is 1. The number of para-hydroxylation sites is 1. The topological polar surface area (TPSA) is 76.1 Å². The summed E-state index contributed by atoms with van der Waals surface area (Å²) in [5, 5.41) is 9.04. The van der Waals surface area contributed by atoms with Crippen LogP contribution in [0.1, 0.15) is 19.4 Å². The number of carboxylic acid groups (broad SMARTS) is 1. The minimum absolute atomic E-state index is 0.0529. The highest BCUT2D eigenvalue weighted by Crippen LogP contribution is 2.19. The van der Waals surface area contributed by atoms with Crippen LogP contribution in [0, 0.1) is 0 Å². The second kappa shape index (κ2) is 7.26. The third kappa shape index (κ3) is 3.98. The Bertz CT molecular complexity index is 545. The molecule has 1 heterocycles. The standard InChI is InChI=1S/C16H21NO5/c1-3-12-6-4-5-7-13(12)21-10-15(18)17-8-11(2)22-14(9-17)16(19)20/h4-7,11,14H,3,8-10H2,1-2H3,(H,19,20)/t11-,14?/m1/s1. The normalized spacial score (nSPS) is 21.5. The molecule has 120 valence electrons. The lowest BCUT2D eigenvalue weighted by Gasteiger charge is -2.34. The summed E-state index contributed by atoms with van der Waals surface area (Å²) in [4.78, 5) is 24.8. The molecule has 22 heavy (non-hydrogen) atoms. The lowest BCUT2D eigenvalue weighted by molar-refractivity contribution is -0.167. The summed E-state index contributed by atoms with van der Waals surface area (Å²) >= 11 is 0. The van der Waals surface area contributed by atoms with Crippen LogP contribution in [0.3, 0.4) is 0 Å². The van der Waals surface area contributed by atoms with Gasteiger partial charge in [0.05, 0.1) is 12.6 Å². The van der Waals surface area contributed by atoms with E-state index in [4.69, 9.17) is 14.6 Å². The van der Waals surface area contributed by atoms with E-state index in [0.717, 1.165) is 12.0 Å². The van der Waals surface area contributed by atoms with Crippen molar-refractivity contribution < 1.29 is 24.2 Å². The first-order chi connectivity index (χ1) is 10.5. The summed E-state index contributed by atoms with van der Waals surface area (Å²) in [5.74, 6) is -0.594. The highest BCUT2D eigenvalue weighted by molar-refractivity contribution is 5.80. The summed E-state index contributed by atoms with van der Waals surface area (Å²) in [5.41, 5.74) is 1.04. The number of carboxylic acids is 1. The molecule has 1 fully saturated rings. The first-order valence-corrected chi connectivity index (χ1v) is 7.38. The fraction of sp³-hybridized carbons (Fsp3) is 0.500. The predicted molar refractivity (Wildman–Crippen MR) is 79.9 cm³/mol. The van der Waals surface area contributed by atoms with Crippen LogP contribution in [-0.2, 0) is 20.7 Å². The van der Waals surface area contributed by atoms with Gasteiger partial charge in [0.25, 0.3) is 5.91 Å². The average molecular weight is 307 g/mol. The van der Waals surface area contributed by atoms with Gasteiger partial charge in [0.15, 0.2) is 12.7 Å². The second-order valence-electron chi connectivity index (χ2n) is 5.32. The average Bonchev–Trinajstić information content (AvgIpc) is 2.52. The van der Waals surface area contributed by atoms with Crippen LogP contribution in [0.5, 0.6) is 5.75 Å². The Kier molecular flexibility index (Phi) is 5.38. The number of benzene rings is 1. The number of morpholine rings is 1. The largest absolute Gasteiger partial charge is 0.483 e. The zero-order valence-electron chi connectivity index (χ0n) is 12.8. The molecule has 2 atom stereocenters. The molecule has 6 heteroatoms. The number of hydrogen-bond acceptors (Lipinski definition) is 4. The Morgan fingerprint density at radius 3 is 2.77 bits per heavy atom. The summed E-state index contributed by atoms with van der Waals surface area (Å²) in [6, 6.07) is 7.57. The number of amides is 1. The van der Waals surface area contributed by atoms with Gasteiger partial charge in [0.1, 0.15) is 5.75 Å². The molecule has 6 nitrogen and oxygen atoms in total. The van der Waals surface area contributed by atoms with E-state index in [1.165, 1.54) is 4.90 Å². The number of aliphatic carboxylic acids is 1. The number of ether oxygens (including phenoxy) is 2. The van der Waals surface area contributed by atoms with E-state index in [9.17, 15) is 9.59 Å². The van der Waals surface area contributed by atoms with Gasteiger partial charge in [-0.1, -0.05) is 25.1 Å². The smallest absolute Gasteiger partial charge is 0.334 e. The minimum Gasteiger partial charge on any atom is -0.483 e. The van der Waals surface area contributed by atoms with Crippen molar-refractivity contribution in [3.63, 3.8) is 0 Å². The first-order valence-electron chi connectivity index (χ1n) is 7.38. The molecule has 0 aromatic heterocycles. The zero-order valence-corrected chi connectivity index (χ0v) is 12.8. The van der Waals surface area contributed by atoms with Crippen LogP contribution in [-0.4, -0.2) is 53.8 Å². The molecule has 0 spiro atoms. The van der Waals surface area contributed by atoms with E-state index in [1.807, 2.05) is 31.2 Å².